The molecule has 0 saturated heterocycles. The Labute approximate surface area is 132 Å². The first-order valence-electron chi connectivity index (χ1n) is 6.67. The van der Waals surface area contributed by atoms with Crippen molar-refractivity contribution >= 4 is 21.9 Å². The fraction of sp³-hybridized carbons (Fsp3) is 0.235. The molecule has 3 nitrogen and oxygen atoms in total. The molecule has 0 aliphatic carbocycles. The third-order valence-corrected chi connectivity index (χ3v) is 3.84. The Morgan fingerprint density at radius 1 is 1.19 bits per heavy atom. The van der Waals surface area contributed by atoms with E-state index in [4.69, 9.17) is 4.74 Å². The van der Waals surface area contributed by atoms with E-state index in [1.807, 2.05) is 50.2 Å². The largest absolute Gasteiger partial charge is 0.478 e. The van der Waals surface area contributed by atoms with Crippen LogP contribution in [0.2, 0.25) is 0 Å². The van der Waals surface area contributed by atoms with Gasteiger partial charge < -0.3 is 9.84 Å². The molecule has 110 valence electrons. The van der Waals surface area contributed by atoms with Gasteiger partial charge in [-0.1, -0.05) is 34.1 Å². The number of hydrogen-bond acceptors (Lipinski definition) is 2. The lowest BCUT2D eigenvalue weighted by Crippen LogP contribution is -2.29. The Balaban J connectivity index is 2.15. The molecule has 0 amide bonds. The molecule has 21 heavy (non-hydrogen) atoms. The second-order valence-corrected chi connectivity index (χ2v) is 5.94. The lowest BCUT2D eigenvalue weighted by Gasteiger charge is -2.16. The topological polar surface area (TPSA) is 46.5 Å². The van der Waals surface area contributed by atoms with Crippen LogP contribution in [0, 0.1) is 13.8 Å². The van der Waals surface area contributed by atoms with Crippen molar-refractivity contribution in [2.24, 2.45) is 0 Å². The maximum absolute atomic E-state index is 11.4. The predicted molar refractivity (Wildman–Crippen MR) is 85.8 cm³/mol. The van der Waals surface area contributed by atoms with Gasteiger partial charge in [0.2, 0.25) is 0 Å². The fourth-order valence-electron chi connectivity index (χ4n) is 2.01. The van der Waals surface area contributed by atoms with Gasteiger partial charge in [0.15, 0.2) is 6.10 Å². The molecule has 0 saturated carbocycles. The Morgan fingerprint density at radius 3 is 2.57 bits per heavy atom. The van der Waals surface area contributed by atoms with E-state index >= 15 is 0 Å². The fourth-order valence-corrected chi connectivity index (χ4v) is 2.46. The highest BCUT2D eigenvalue weighted by Gasteiger charge is 2.20. The highest BCUT2D eigenvalue weighted by molar-refractivity contribution is 9.10. The van der Waals surface area contributed by atoms with Crippen LogP contribution in [0.3, 0.4) is 0 Å². The molecule has 0 aromatic heterocycles. The zero-order valence-corrected chi connectivity index (χ0v) is 13.6. The summed E-state index contributed by atoms with van der Waals surface area (Å²) in [6.45, 7) is 3.99. The van der Waals surface area contributed by atoms with Crippen LogP contribution < -0.4 is 4.74 Å². The molecule has 1 N–H and O–H groups in total. The molecule has 2 aromatic carbocycles. The van der Waals surface area contributed by atoms with Gasteiger partial charge in [-0.15, -0.1) is 0 Å². The molecular formula is C17H17BrO3. The van der Waals surface area contributed by atoms with Crippen molar-refractivity contribution in [3.63, 3.8) is 0 Å². The minimum Gasteiger partial charge on any atom is -0.478 e. The molecule has 2 rings (SSSR count). The lowest BCUT2D eigenvalue weighted by atomic mass is 10.1. The summed E-state index contributed by atoms with van der Waals surface area (Å²) in [5.74, 6) is -0.381. The molecule has 0 heterocycles. The number of ether oxygens (including phenoxy) is 1. The van der Waals surface area contributed by atoms with Crippen LogP contribution in [-0.2, 0) is 11.2 Å². The van der Waals surface area contributed by atoms with Crippen molar-refractivity contribution in [2.75, 3.05) is 0 Å². The van der Waals surface area contributed by atoms with Crippen LogP contribution >= 0.6 is 15.9 Å². The van der Waals surface area contributed by atoms with Crippen LogP contribution in [0.4, 0.5) is 0 Å². The minimum atomic E-state index is -0.965. The number of benzene rings is 2. The van der Waals surface area contributed by atoms with Crippen LogP contribution in [0.5, 0.6) is 5.75 Å². The van der Waals surface area contributed by atoms with E-state index in [9.17, 15) is 9.90 Å². The number of carboxylic acid groups (broad SMARTS) is 1. The van der Waals surface area contributed by atoms with Crippen LogP contribution in [-0.4, -0.2) is 17.2 Å². The minimum absolute atomic E-state index is 0.321. The van der Waals surface area contributed by atoms with Gasteiger partial charge in [0.25, 0.3) is 0 Å². The second kappa shape index (κ2) is 6.76. The molecule has 0 fully saturated rings. The number of carboxylic acids is 1. The Morgan fingerprint density at radius 2 is 1.95 bits per heavy atom. The maximum atomic E-state index is 11.4. The number of carbonyl (C=O) groups is 1. The predicted octanol–water partition coefficient (Wildman–Crippen LogP) is 4.14. The number of hydrogen-bond donors (Lipinski definition) is 1. The number of rotatable bonds is 5. The summed E-state index contributed by atoms with van der Waals surface area (Å²) in [4.78, 5) is 11.4. The zero-order valence-electron chi connectivity index (χ0n) is 12.0. The maximum Gasteiger partial charge on any atom is 0.345 e. The Hall–Kier alpha value is -1.81. The summed E-state index contributed by atoms with van der Waals surface area (Å²) in [6.07, 6.45) is -0.580. The molecule has 4 heteroatoms. The molecular weight excluding hydrogens is 332 g/mol. The first kappa shape index (κ1) is 15.6. The van der Waals surface area contributed by atoms with Crippen LogP contribution in [0.15, 0.2) is 46.9 Å². The van der Waals surface area contributed by atoms with Gasteiger partial charge in [-0.05, 0) is 54.8 Å². The van der Waals surface area contributed by atoms with Crippen LogP contribution in [0.25, 0.3) is 0 Å². The molecule has 0 unspecified atom stereocenters. The van der Waals surface area contributed by atoms with Crippen molar-refractivity contribution in [2.45, 2.75) is 26.4 Å². The van der Waals surface area contributed by atoms with E-state index in [1.54, 1.807) is 6.07 Å². The normalized spacial score (nSPS) is 12.0. The monoisotopic (exact) mass is 348 g/mol. The quantitative estimate of drug-likeness (QED) is 0.883. The van der Waals surface area contributed by atoms with E-state index < -0.39 is 12.1 Å². The number of aliphatic carboxylic acids is 1. The highest BCUT2D eigenvalue weighted by Crippen LogP contribution is 2.20. The molecule has 2 aromatic rings. The lowest BCUT2D eigenvalue weighted by molar-refractivity contribution is -0.145. The number of halogens is 1. The third kappa shape index (κ3) is 4.33. The summed E-state index contributed by atoms with van der Waals surface area (Å²) in [5.41, 5.74) is 3.15. The van der Waals surface area contributed by atoms with Gasteiger partial charge in [-0.25, -0.2) is 4.79 Å². The van der Waals surface area contributed by atoms with E-state index in [2.05, 4.69) is 15.9 Å². The average Bonchev–Trinajstić information content (AvgIpc) is 2.42. The van der Waals surface area contributed by atoms with Gasteiger partial charge in [0, 0.05) is 10.9 Å². The summed E-state index contributed by atoms with van der Waals surface area (Å²) in [5, 5.41) is 9.35. The Bertz CT molecular complexity index is 652. The van der Waals surface area contributed by atoms with Gasteiger partial charge in [-0.3, -0.25) is 0 Å². The van der Waals surface area contributed by atoms with Crippen molar-refractivity contribution in [3.05, 3.63) is 63.6 Å². The van der Waals surface area contributed by atoms with Crippen molar-refractivity contribution in [1.82, 2.24) is 0 Å². The van der Waals surface area contributed by atoms with Gasteiger partial charge in [0.1, 0.15) is 5.75 Å². The highest BCUT2D eigenvalue weighted by atomic mass is 79.9. The van der Waals surface area contributed by atoms with Crippen LogP contribution in [0.1, 0.15) is 16.7 Å². The first-order valence-corrected chi connectivity index (χ1v) is 7.46. The summed E-state index contributed by atoms with van der Waals surface area (Å²) in [6, 6.07) is 13.2. The second-order valence-electron chi connectivity index (χ2n) is 5.02. The molecule has 1 atom stereocenters. The molecule has 0 radical (unpaired) electrons. The van der Waals surface area contributed by atoms with Crippen molar-refractivity contribution in [1.29, 1.82) is 0 Å². The van der Waals surface area contributed by atoms with E-state index in [-0.39, 0.29) is 0 Å². The van der Waals surface area contributed by atoms with Gasteiger partial charge >= 0.3 is 5.97 Å². The molecule has 0 aliphatic rings. The SMILES string of the molecule is Cc1ccc(O[C@@H](Cc2cccc(Br)c2)C(=O)O)cc1C. The summed E-state index contributed by atoms with van der Waals surface area (Å²) >= 11 is 3.39. The summed E-state index contributed by atoms with van der Waals surface area (Å²) < 4.78 is 6.57. The van der Waals surface area contributed by atoms with Crippen molar-refractivity contribution in [3.8, 4) is 5.75 Å². The number of aryl methyl sites for hydroxylation is 2. The van der Waals surface area contributed by atoms with E-state index in [0.717, 1.165) is 21.2 Å². The van der Waals surface area contributed by atoms with Crippen molar-refractivity contribution < 1.29 is 14.6 Å². The average molecular weight is 349 g/mol. The zero-order chi connectivity index (χ0) is 15.4. The molecule has 0 aliphatic heterocycles. The van der Waals surface area contributed by atoms with Gasteiger partial charge in [0.05, 0.1) is 0 Å². The van der Waals surface area contributed by atoms with E-state index in [0.29, 0.717) is 12.2 Å². The first-order chi connectivity index (χ1) is 9.95. The summed E-state index contributed by atoms with van der Waals surface area (Å²) in [7, 11) is 0. The molecule has 0 bridgehead atoms. The third-order valence-electron chi connectivity index (χ3n) is 3.34. The Kier molecular flexibility index (Phi) is 5.02. The standard InChI is InChI=1S/C17H17BrO3/c1-11-6-7-15(8-12(11)2)21-16(17(19)20)10-13-4-3-5-14(18)9-13/h3-9,16H,10H2,1-2H3,(H,19,20)/t16-/m0/s1. The molecule has 0 spiro atoms. The van der Waals surface area contributed by atoms with E-state index in [1.165, 1.54) is 0 Å². The smallest absolute Gasteiger partial charge is 0.345 e. The van der Waals surface area contributed by atoms with Gasteiger partial charge in [-0.2, -0.15) is 0 Å².